The zero-order valence-corrected chi connectivity index (χ0v) is 15.1. The zero-order valence-electron chi connectivity index (χ0n) is 15.1. The number of nitriles is 1. The van der Waals surface area contributed by atoms with Gasteiger partial charge >= 0.3 is 0 Å². The molecule has 0 saturated carbocycles. The first-order valence-corrected chi connectivity index (χ1v) is 8.46. The van der Waals surface area contributed by atoms with Crippen LogP contribution in [0.15, 0.2) is 66.9 Å². The van der Waals surface area contributed by atoms with Crippen molar-refractivity contribution in [1.82, 2.24) is 4.98 Å². The summed E-state index contributed by atoms with van der Waals surface area (Å²) in [5, 5.41) is 17.5. The van der Waals surface area contributed by atoms with E-state index in [0.717, 1.165) is 5.69 Å². The Balaban J connectivity index is 1.74. The highest BCUT2D eigenvalue weighted by Crippen LogP contribution is 2.20. The third kappa shape index (κ3) is 4.93. The monoisotopic (exact) mass is 371 g/mol. The average molecular weight is 371 g/mol. The minimum atomic E-state index is -0.312. The summed E-state index contributed by atoms with van der Waals surface area (Å²) in [6.07, 6.45) is 1.53. The number of rotatable bonds is 5. The predicted molar refractivity (Wildman–Crippen MR) is 107 cm³/mol. The first kappa shape index (κ1) is 18.6. The van der Waals surface area contributed by atoms with Crippen molar-refractivity contribution in [3.8, 4) is 6.07 Å². The number of carbonyl (C=O) groups excluding carboxylic acids is 2. The van der Waals surface area contributed by atoms with Crippen LogP contribution in [0.5, 0.6) is 0 Å². The number of anilines is 4. The van der Waals surface area contributed by atoms with Crippen LogP contribution in [0, 0.1) is 11.3 Å². The van der Waals surface area contributed by atoms with E-state index in [1.165, 1.54) is 13.1 Å². The quantitative estimate of drug-likeness (QED) is 0.630. The van der Waals surface area contributed by atoms with Crippen LogP contribution in [0.2, 0.25) is 0 Å². The molecular formula is C21H17N5O2. The van der Waals surface area contributed by atoms with E-state index >= 15 is 0 Å². The molecule has 7 heteroatoms. The molecule has 2 amide bonds. The molecule has 0 bridgehead atoms. The number of pyridine rings is 1. The maximum Gasteiger partial charge on any atom is 0.255 e. The molecule has 3 aromatic rings. The molecule has 3 N–H and O–H groups in total. The third-order valence-electron chi connectivity index (χ3n) is 3.73. The second-order valence-corrected chi connectivity index (χ2v) is 5.96. The molecule has 2 aromatic carbocycles. The molecule has 0 saturated heterocycles. The molecule has 7 nitrogen and oxygen atoms in total. The van der Waals surface area contributed by atoms with Gasteiger partial charge in [-0.2, -0.15) is 5.26 Å². The number of amides is 2. The summed E-state index contributed by atoms with van der Waals surface area (Å²) in [5.41, 5.74) is 2.80. The fourth-order valence-electron chi connectivity index (χ4n) is 2.54. The fraction of sp³-hybridized carbons (Fsp3) is 0.0476. The Kier molecular flexibility index (Phi) is 5.63. The van der Waals surface area contributed by atoms with Gasteiger partial charge in [0.25, 0.3) is 5.91 Å². The van der Waals surface area contributed by atoms with Crippen molar-refractivity contribution in [3.05, 3.63) is 78.0 Å². The van der Waals surface area contributed by atoms with E-state index < -0.39 is 0 Å². The van der Waals surface area contributed by atoms with Crippen LogP contribution in [-0.4, -0.2) is 16.8 Å². The summed E-state index contributed by atoms with van der Waals surface area (Å²) in [6, 6.07) is 19.1. The molecule has 0 unspecified atom stereocenters. The largest absolute Gasteiger partial charge is 0.340 e. The van der Waals surface area contributed by atoms with Crippen molar-refractivity contribution in [2.75, 3.05) is 16.0 Å². The van der Waals surface area contributed by atoms with E-state index in [4.69, 9.17) is 5.26 Å². The van der Waals surface area contributed by atoms with Crippen molar-refractivity contribution in [2.24, 2.45) is 0 Å². The van der Waals surface area contributed by atoms with Gasteiger partial charge in [0.15, 0.2) is 0 Å². The highest BCUT2D eigenvalue weighted by molar-refractivity contribution is 6.04. The minimum absolute atomic E-state index is 0.158. The van der Waals surface area contributed by atoms with E-state index in [2.05, 4.69) is 20.9 Å². The van der Waals surface area contributed by atoms with E-state index in [9.17, 15) is 9.59 Å². The second-order valence-electron chi connectivity index (χ2n) is 5.96. The van der Waals surface area contributed by atoms with Gasteiger partial charge in [-0.3, -0.25) is 9.59 Å². The van der Waals surface area contributed by atoms with Crippen molar-refractivity contribution in [2.45, 2.75) is 6.92 Å². The smallest absolute Gasteiger partial charge is 0.255 e. The highest BCUT2D eigenvalue weighted by atomic mass is 16.2. The Hall–Kier alpha value is -4.18. The van der Waals surface area contributed by atoms with Gasteiger partial charge in [-0.1, -0.05) is 12.1 Å². The maximum absolute atomic E-state index is 12.5. The van der Waals surface area contributed by atoms with Gasteiger partial charge in [-0.05, 0) is 48.5 Å². The lowest BCUT2D eigenvalue weighted by Gasteiger charge is -2.10. The van der Waals surface area contributed by atoms with Crippen molar-refractivity contribution in [1.29, 1.82) is 5.26 Å². The average Bonchev–Trinajstić information content (AvgIpc) is 2.68. The van der Waals surface area contributed by atoms with Crippen LogP contribution in [0.25, 0.3) is 0 Å². The molecule has 28 heavy (non-hydrogen) atoms. The standard InChI is InChI=1S/C21H17N5O2/c1-14(27)24-18-6-3-7-19(12-18)25-20-11-16(8-9-23-20)21(28)26-17-5-2-4-15(10-17)13-22/h2-12H,1H3,(H,23,25)(H,24,27)(H,26,28). The Morgan fingerprint density at radius 1 is 0.929 bits per heavy atom. The molecule has 1 aromatic heterocycles. The molecule has 0 atom stereocenters. The molecule has 0 aliphatic heterocycles. The van der Waals surface area contributed by atoms with E-state index in [1.807, 2.05) is 12.1 Å². The van der Waals surface area contributed by atoms with Gasteiger partial charge in [0.05, 0.1) is 11.6 Å². The SMILES string of the molecule is CC(=O)Nc1cccc(Nc2cc(C(=O)Nc3cccc(C#N)c3)ccn2)c1. The van der Waals surface area contributed by atoms with E-state index in [1.54, 1.807) is 54.6 Å². The summed E-state index contributed by atoms with van der Waals surface area (Å²) in [5.74, 6) is 0.0142. The zero-order chi connectivity index (χ0) is 19.9. The number of aromatic nitrogens is 1. The summed E-state index contributed by atoms with van der Waals surface area (Å²) in [6.45, 7) is 1.44. The number of carbonyl (C=O) groups is 2. The van der Waals surface area contributed by atoms with Gasteiger partial charge < -0.3 is 16.0 Å². The minimum Gasteiger partial charge on any atom is -0.340 e. The molecule has 3 rings (SSSR count). The number of hydrogen-bond donors (Lipinski definition) is 3. The first-order chi connectivity index (χ1) is 13.5. The van der Waals surface area contributed by atoms with Gasteiger partial charge in [0.1, 0.15) is 5.82 Å². The number of nitrogens with zero attached hydrogens (tertiary/aromatic N) is 2. The van der Waals surface area contributed by atoms with Gasteiger partial charge in [0.2, 0.25) is 5.91 Å². The van der Waals surface area contributed by atoms with Crippen molar-refractivity contribution in [3.63, 3.8) is 0 Å². The molecule has 0 radical (unpaired) electrons. The molecular weight excluding hydrogens is 354 g/mol. The fourth-order valence-corrected chi connectivity index (χ4v) is 2.54. The van der Waals surface area contributed by atoms with Crippen LogP contribution in [-0.2, 0) is 4.79 Å². The van der Waals surface area contributed by atoms with E-state index in [0.29, 0.717) is 28.3 Å². The first-order valence-electron chi connectivity index (χ1n) is 8.46. The lowest BCUT2D eigenvalue weighted by atomic mass is 10.2. The highest BCUT2D eigenvalue weighted by Gasteiger charge is 2.08. The Morgan fingerprint density at radius 3 is 2.39 bits per heavy atom. The Morgan fingerprint density at radius 2 is 1.64 bits per heavy atom. The van der Waals surface area contributed by atoms with Crippen LogP contribution in [0.1, 0.15) is 22.8 Å². The molecule has 0 fully saturated rings. The predicted octanol–water partition coefficient (Wildman–Crippen LogP) is 3.91. The summed E-state index contributed by atoms with van der Waals surface area (Å²) in [4.78, 5) is 27.9. The van der Waals surface area contributed by atoms with E-state index in [-0.39, 0.29) is 11.8 Å². The summed E-state index contributed by atoms with van der Waals surface area (Å²) >= 11 is 0. The van der Waals surface area contributed by atoms with Gasteiger partial charge in [-0.25, -0.2) is 4.98 Å². The molecule has 1 heterocycles. The van der Waals surface area contributed by atoms with Gasteiger partial charge in [-0.15, -0.1) is 0 Å². The normalized spacial score (nSPS) is 9.86. The lowest BCUT2D eigenvalue weighted by Crippen LogP contribution is -2.12. The molecule has 0 aliphatic carbocycles. The topological polar surface area (TPSA) is 107 Å². The van der Waals surface area contributed by atoms with Gasteiger partial charge in [0, 0.05) is 35.7 Å². The molecule has 138 valence electrons. The van der Waals surface area contributed by atoms with Crippen LogP contribution >= 0.6 is 0 Å². The lowest BCUT2D eigenvalue weighted by molar-refractivity contribution is -0.114. The van der Waals surface area contributed by atoms with Crippen molar-refractivity contribution >= 4 is 34.7 Å². The third-order valence-corrected chi connectivity index (χ3v) is 3.73. The van der Waals surface area contributed by atoms with Crippen LogP contribution < -0.4 is 16.0 Å². The molecule has 0 spiro atoms. The Labute approximate surface area is 162 Å². The number of benzene rings is 2. The summed E-state index contributed by atoms with van der Waals surface area (Å²) < 4.78 is 0. The van der Waals surface area contributed by atoms with Crippen LogP contribution in [0.4, 0.5) is 22.9 Å². The Bertz CT molecular complexity index is 1070. The number of hydrogen-bond acceptors (Lipinski definition) is 5. The van der Waals surface area contributed by atoms with Crippen molar-refractivity contribution < 1.29 is 9.59 Å². The second kappa shape index (κ2) is 8.47. The maximum atomic E-state index is 12.5. The molecule has 0 aliphatic rings. The number of nitrogens with one attached hydrogen (secondary N) is 3. The van der Waals surface area contributed by atoms with Crippen LogP contribution in [0.3, 0.4) is 0 Å². The summed E-state index contributed by atoms with van der Waals surface area (Å²) in [7, 11) is 0.